The molecule has 7 nitrogen and oxygen atoms in total. The minimum Gasteiger partial charge on any atom is -0.335 e. The van der Waals surface area contributed by atoms with Crippen molar-refractivity contribution in [2.24, 2.45) is 0 Å². The largest absolute Gasteiger partial charge is 0.346 e. The smallest absolute Gasteiger partial charge is 0.335 e. The van der Waals surface area contributed by atoms with Crippen LogP contribution in [0.15, 0.2) is 46.7 Å². The molecule has 0 saturated heterocycles. The van der Waals surface area contributed by atoms with E-state index in [2.05, 4.69) is 10.1 Å². The maximum Gasteiger partial charge on any atom is 0.346 e. The lowest BCUT2D eigenvalue weighted by atomic mass is 10.2. The molecule has 2 heterocycles. The van der Waals surface area contributed by atoms with Gasteiger partial charge in [-0.3, -0.25) is 9.36 Å². The summed E-state index contributed by atoms with van der Waals surface area (Å²) in [6, 6.07) is 9.55. The molecule has 0 spiro atoms. The number of carbonyl (C=O) groups is 1. The molecule has 0 N–H and O–H groups in total. The van der Waals surface area contributed by atoms with Crippen molar-refractivity contribution in [3.05, 3.63) is 68.8 Å². The molecule has 0 fully saturated rings. The third-order valence-corrected chi connectivity index (χ3v) is 5.31. The summed E-state index contributed by atoms with van der Waals surface area (Å²) >= 11 is 1.50. The molecular formula is C18H21N5O2S. The Hall–Kier alpha value is -2.74. The van der Waals surface area contributed by atoms with Gasteiger partial charge in [0.1, 0.15) is 17.4 Å². The van der Waals surface area contributed by atoms with Crippen LogP contribution in [0.1, 0.15) is 29.4 Å². The highest BCUT2D eigenvalue weighted by Crippen LogP contribution is 2.20. The molecule has 0 aliphatic carbocycles. The maximum absolute atomic E-state index is 12.6. The van der Waals surface area contributed by atoms with Crippen LogP contribution in [0.2, 0.25) is 0 Å². The zero-order valence-electron chi connectivity index (χ0n) is 15.0. The van der Waals surface area contributed by atoms with Gasteiger partial charge in [-0.25, -0.2) is 14.5 Å². The molecule has 8 heteroatoms. The summed E-state index contributed by atoms with van der Waals surface area (Å²) in [5.74, 6) is 0.404. The first-order chi connectivity index (χ1) is 12.5. The number of aromatic nitrogens is 4. The molecule has 3 rings (SSSR count). The molecule has 1 amide bonds. The number of hydrogen-bond acceptors (Lipinski definition) is 5. The zero-order valence-corrected chi connectivity index (χ0v) is 15.8. The first kappa shape index (κ1) is 18.1. The van der Waals surface area contributed by atoms with Crippen LogP contribution < -0.4 is 5.69 Å². The van der Waals surface area contributed by atoms with E-state index >= 15 is 0 Å². The van der Waals surface area contributed by atoms with Crippen molar-refractivity contribution in [1.82, 2.24) is 24.2 Å². The van der Waals surface area contributed by atoms with Crippen LogP contribution in [0.25, 0.3) is 0 Å². The minimum absolute atomic E-state index is 0.0896. The Morgan fingerprint density at radius 3 is 2.69 bits per heavy atom. The summed E-state index contributed by atoms with van der Waals surface area (Å²) in [5.41, 5.74) is 0.730. The van der Waals surface area contributed by atoms with Crippen LogP contribution in [0.4, 0.5) is 0 Å². The van der Waals surface area contributed by atoms with Crippen molar-refractivity contribution in [3.8, 4) is 0 Å². The monoisotopic (exact) mass is 371 g/mol. The molecule has 0 unspecified atom stereocenters. The third kappa shape index (κ3) is 3.75. The maximum atomic E-state index is 12.6. The van der Waals surface area contributed by atoms with Crippen LogP contribution in [-0.4, -0.2) is 37.2 Å². The number of hydrogen-bond donors (Lipinski definition) is 0. The summed E-state index contributed by atoms with van der Waals surface area (Å²) in [7, 11) is 1.72. The molecule has 1 aromatic carbocycles. The van der Waals surface area contributed by atoms with Crippen LogP contribution >= 0.6 is 11.3 Å². The molecule has 0 aliphatic heterocycles. The second-order valence-electron chi connectivity index (χ2n) is 6.11. The number of nitrogens with zero attached hydrogens (tertiary/aromatic N) is 5. The number of amides is 1. The van der Waals surface area contributed by atoms with E-state index in [1.165, 1.54) is 16.0 Å². The van der Waals surface area contributed by atoms with E-state index in [9.17, 15) is 9.59 Å². The van der Waals surface area contributed by atoms with E-state index in [4.69, 9.17) is 0 Å². The van der Waals surface area contributed by atoms with Crippen molar-refractivity contribution < 1.29 is 4.79 Å². The fourth-order valence-electron chi connectivity index (χ4n) is 2.66. The Morgan fingerprint density at radius 2 is 2.04 bits per heavy atom. The molecule has 3 aromatic rings. The minimum atomic E-state index is -0.282. The fraction of sp³-hybridized carbons (Fsp3) is 0.333. The summed E-state index contributed by atoms with van der Waals surface area (Å²) in [6.45, 7) is 4.03. The lowest BCUT2D eigenvalue weighted by molar-refractivity contribution is -0.132. The molecular weight excluding hydrogens is 350 g/mol. The molecule has 0 radical (unpaired) electrons. The van der Waals surface area contributed by atoms with Gasteiger partial charge < -0.3 is 4.90 Å². The first-order valence-electron chi connectivity index (χ1n) is 8.30. The van der Waals surface area contributed by atoms with Crippen LogP contribution in [0.5, 0.6) is 0 Å². The predicted molar refractivity (Wildman–Crippen MR) is 100 cm³/mol. The van der Waals surface area contributed by atoms with E-state index in [1.807, 2.05) is 42.6 Å². The van der Waals surface area contributed by atoms with Gasteiger partial charge in [-0.05, 0) is 19.4 Å². The van der Waals surface area contributed by atoms with Gasteiger partial charge in [-0.1, -0.05) is 30.3 Å². The second-order valence-corrected chi connectivity index (χ2v) is 7.04. The Kier molecular flexibility index (Phi) is 5.32. The number of aryl methyl sites for hydroxylation is 1. The average molecular weight is 371 g/mol. The lowest BCUT2D eigenvalue weighted by Crippen LogP contribution is -2.36. The molecule has 136 valence electrons. The number of rotatable bonds is 6. The van der Waals surface area contributed by atoms with Crippen LogP contribution in [-0.2, 0) is 17.9 Å². The van der Waals surface area contributed by atoms with Crippen molar-refractivity contribution in [2.45, 2.75) is 33.0 Å². The third-order valence-electron chi connectivity index (χ3n) is 4.36. The van der Waals surface area contributed by atoms with Gasteiger partial charge in [-0.2, -0.15) is 5.10 Å². The number of thiazole rings is 1. The topological polar surface area (TPSA) is 73.0 Å². The highest BCUT2D eigenvalue weighted by atomic mass is 32.1. The number of carbonyl (C=O) groups excluding carboxylic acids is 1. The molecule has 26 heavy (non-hydrogen) atoms. The van der Waals surface area contributed by atoms with Gasteiger partial charge in [0.05, 0.1) is 12.6 Å². The van der Waals surface area contributed by atoms with Crippen molar-refractivity contribution >= 4 is 17.2 Å². The molecule has 0 saturated carbocycles. The Bertz CT molecular complexity index is 930. The quantitative estimate of drug-likeness (QED) is 0.665. The van der Waals surface area contributed by atoms with E-state index in [1.54, 1.807) is 29.6 Å². The normalized spacial score (nSPS) is 12.1. The lowest BCUT2D eigenvalue weighted by Gasteiger charge is -2.22. The van der Waals surface area contributed by atoms with Crippen molar-refractivity contribution in [1.29, 1.82) is 0 Å². The molecule has 0 aliphatic rings. The summed E-state index contributed by atoms with van der Waals surface area (Å²) in [4.78, 5) is 31.0. The van der Waals surface area contributed by atoms with Gasteiger partial charge in [0, 0.05) is 18.6 Å². The van der Waals surface area contributed by atoms with Gasteiger partial charge in [-0.15, -0.1) is 11.3 Å². The summed E-state index contributed by atoms with van der Waals surface area (Å²) in [6.07, 6.45) is 1.72. The van der Waals surface area contributed by atoms with E-state index in [0.29, 0.717) is 12.4 Å². The number of likely N-dealkylation sites (N-methyl/N-ethyl adjacent to an activating group) is 1. The number of benzene rings is 1. The average Bonchev–Trinajstić information content (AvgIpc) is 3.26. The van der Waals surface area contributed by atoms with Crippen molar-refractivity contribution in [2.75, 3.05) is 7.05 Å². The standard InChI is InChI=1S/C18H21N5O2S/c1-13(17-19-9-10-26-17)21(3)16(24)12-23-18(25)22(14(2)20-23)11-15-7-5-4-6-8-15/h4-10,13H,11-12H2,1-3H3/t13-/m0/s1. The zero-order chi connectivity index (χ0) is 18.7. The van der Waals surface area contributed by atoms with Gasteiger partial charge in [0.25, 0.3) is 0 Å². The predicted octanol–water partition coefficient (Wildman–Crippen LogP) is 2.08. The SMILES string of the molecule is Cc1nn(CC(=O)N(C)[C@@H](C)c2nccs2)c(=O)n1Cc1ccccc1. The van der Waals surface area contributed by atoms with Crippen LogP contribution in [0.3, 0.4) is 0 Å². The highest BCUT2D eigenvalue weighted by Gasteiger charge is 2.21. The van der Waals surface area contributed by atoms with E-state index in [-0.39, 0.29) is 24.2 Å². The van der Waals surface area contributed by atoms with Gasteiger partial charge in [0.15, 0.2) is 0 Å². The highest BCUT2D eigenvalue weighted by molar-refractivity contribution is 7.09. The Labute approximate surface area is 155 Å². The van der Waals surface area contributed by atoms with Crippen molar-refractivity contribution in [3.63, 3.8) is 0 Å². The summed E-state index contributed by atoms with van der Waals surface area (Å²) in [5, 5.41) is 7.00. The molecule has 2 aromatic heterocycles. The molecule has 1 atom stereocenters. The Balaban J connectivity index is 1.75. The second kappa shape index (κ2) is 7.65. The van der Waals surface area contributed by atoms with E-state index < -0.39 is 0 Å². The summed E-state index contributed by atoms with van der Waals surface area (Å²) < 4.78 is 2.80. The van der Waals surface area contributed by atoms with Gasteiger partial charge >= 0.3 is 5.69 Å². The molecule has 0 bridgehead atoms. The first-order valence-corrected chi connectivity index (χ1v) is 9.18. The Morgan fingerprint density at radius 1 is 1.31 bits per heavy atom. The van der Waals surface area contributed by atoms with E-state index in [0.717, 1.165) is 10.6 Å². The van der Waals surface area contributed by atoms with Crippen LogP contribution in [0, 0.1) is 6.92 Å². The fourth-order valence-corrected chi connectivity index (χ4v) is 3.40. The van der Waals surface area contributed by atoms with Gasteiger partial charge in [0.2, 0.25) is 5.91 Å².